The van der Waals surface area contributed by atoms with Gasteiger partial charge in [-0.2, -0.15) is 5.26 Å². The van der Waals surface area contributed by atoms with E-state index in [1.54, 1.807) is 24.3 Å². The maximum Gasteiger partial charge on any atom is 0.215 e. The summed E-state index contributed by atoms with van der Waals surface area (Å²) in [6, 6.07) is 8.96. The highest BCUT2D eigenvalue weighted by atomic mass is 32.2. The monoisotopic (exact) mass is 281 g/mol. The number of nitriles is 1. The molecule has 0 atom stereocenters. The molecule has 104 valence electrons. The molecule has 1 rings (SSSR count). The van der Waals surface area contributed by atoms with Crippen LogP contribution in [0.1, 0.15) is 19.4 Å². The molecule has 0 fully saturated rings. The van der Waals surface area contributed by atoms with E-state index >= 15 is 0 Å². The van der Waals surface area contributed by atoms with Gasteiger partial charge in [-0.25, -0.2) is 12.7 Å². The summed E-state index contributed by atoms with van der Waals surface area (Å²) in [5, 5.41) is 11.7. The first-order chi connectivity index (χ1) is 9.03. The van der Waals surface area contributed by atoms with Gasteiger partial charge in [0.1, 0.15) is 0 Å². The maximum atomic E-state index is 11.9. The standard InChI is InChI=1S/C13H19N3O2S/c1-3-16(4-2)19(17,18)10-9-15-13-7-5-12(11-14)6-8-13/h5-8,15H,3-4,9-10H2,1-2H3. The molecule has 1 N–H and O–H groups in total. The molecule has 0 amide bonds. The lowest BCUT2D eigenvalue weighted by Crippen LogP contribution is -2.34. The molecule has 0 spiro atoms. The second-order valence-electron chi connectivity index (χ2n) is 4.02. The lowest BCUT2D eigenvalue weighted by atomic mass is 10.2. The largest absolute Gasteiger partial charge is 0.384 e. The Balaban J connectivity index is 2.52. The molecule has 5 nitrogen and oxygen atoms in total. The number of sulfonamides is 1. The van der Waals surface area contributed by atoms with E-state index in [1.165, 1.54) is 4.31 Å². The summed E-state index contributed by atoms with van der Waals surface area (Å²) in [6.07, 6.45) is 0. The van der Waals surface area contributed by atoms with E-state index in [-0.39, 0.29) is 5.75 Å². The van der Waals surface area contributed by atoms with Crippen molar-refractivity contribution in [3.8, 4) is 6.07 Å². The Morgan fingerprint density at radius 3 is 2.26 bits per heavy atom. The summed E-state index contributed by atoms with van der Waals surface area (Å²) in [5.74, 6) is 0.0642. The maximum absolute atomic E-state index is 11.9. The van der Waals surface area contributed by atoms with Crippen molar-refractivity contribution in [2.75, 3.05) is 30.7 Å². The van der Waals surface area contributed by atoms with Crippen molar-refractivity contribution >= 4 is 15.7 Å². The molecule has 0 unspecified atom stereocenters. The Bertz CT molecular complexity index is 528. The van der Waals surface area contributed by atoms with Crippen LogP contribution in [0.4, 0.5) is 5.69 Å². The van der Waals surface area contributed by atoms with Crippen LogP contribution in [0.25, 0.3) is 0 Å². The van der Waals surface area contributed by atoms with Crippen LogP contribution in [0.3, 0.4) is 0 Å². The first-order valence-electron chi connectivity index (χ1n) is 6.25. The third-order valence-electron chi connectivity index (χ3n) is 2.80. The summed E-state index contributed by atoms with van der Waals surface area (Å²) in [5.41, 5.74) is 1.40. The van der Waals surface area contributed by atoms with Gasteiger partial charge in [-0.05, 0) is 24.3 Å². The van der Waals surface area contributed by atoms with E-state index in [2.05, 4.69) is 5.32 Å². The van der Waals surface area contributed by atoms with Crippen molar-refractivity contribution in [3.63, 3.8) is 0 Å². The zero-order valence-corrected chi connectivity index (χ0v) is 12.1. The molecule has 0 aliphatic carbocycles. The summed E-state index contributed by atoms with van der Waals surface area (Å²) in [4.78, 5) is 0. The Morgan fingerprint density at radius 1 is 1.21 bits per heavy atom. The topological polar surface area (TPSA) is 73.2 Å². The molecule has 19 heavy (non-hydrogen) atoms. The minimum Gasteiger partial charge on any atom is -0.384 e. The fourth-order valence-electron chi connectivity index (χ4n) is 1.73. The van der Waals surface area contributed by atoms with Crippen molar-refractivity contribution in [1.29, 1.82) is 5.26 Å². The molecule has 0 bridgehead atoms. The smallest absolute Gasteiger partial charge is 0.215 e. The molecule has 0 radical (unpaired) electrons. The second-order valence-corrected chi connectivity index (χ2v) is 6.10. The van der Waals surface area contributed by atoms with Crippen molar-refractivity contribution < 1.29 is 8.42 Å². The molecule has 0 saturated carbocycles. The summed E-state index contributed by atoms with van der Waals surface area (Å²) in [6.45, 7) is 5.00. The Labute approximate surface area is 114 Å². The molecule has 0 aliphatic rings. The van der Waals surface area contributed by atoms with Crippen molar-refractivity contribution in [2.24, 2.45) is 0 Å². The van der Waals surface area contributed by atoms with Crippen molar-refractivity contribution in [1.82, 2.24) is 4.31 Å². The first kappa shape index (κ1) is 15.5. The van der Waals surface area contributed by atoms with Gasteiger partial charge in [-0.3, -0.25) is 0 Å². The van der Waals surface area contributed by atoms with Gasteiger partial charge in [0.05, 0.1) is 17.4 Å². The van der Waals surface area contributed by atoms with Crippen molar-refractivity contribution in [2.45, 2.75) is 13.8 Å². The minimum atomic E-state index is -3.19. The summed E-state index contributed by atoms with van der Waals surface area (Å²) < 4.78 is 25.3. The number of hydrogen-bond donors (Lipinski definition) is 1. The molecule has 6 heteroatoms. The molecule has 0 saturated heterocycles. The Hall–Kier alpha value is -1.58. The van der Waals surface area contributed by atoms with Crippen LogP contribution >= 0.6 is 0 Å². The third kappa shape index (κ3) is 4.54. The van der Waals surface area contributed by atoms with Crippen LogP contribution in [0.2, 0.25) is 0 Å². The normalized spacial score (nSPS) is 11.3. The fraction of sp³-hybridized carbons (Fsp3) is 0.462. The summed E-state index contributed by atoms with van der Waals surface area (Å²) >= 11 is 0. The zero-order valence-electron chi connectivity index (χ0n) is 11.3. The SMILES string of the molecule is CCN(CC)S(=O)(=O)CCNc1ccc(C#N)cc1. The van der Waals surface area contributed by atoms with Crippen LogP contribution in [0.5, 0.6) is 0 Å². The Kier molecular flexibility index (Phi) is 5.80. The number of anilines is 1. The fourth-order valence-corrected chi connectivity index (χ4v) is 3.14. The highest BCUT2D eigenvalue weighted by Crippen LogP contribution is 2.09. The number of nitrogens with zero attached hydrogens (tertiary/aromatic N) is 2. The van der Waals surface area contributed by atoms with Gasteiger partial charge < -0.3 is 5.32 Å². The Morgan fingerprint density at radius 2 is 1.79 bits per heavy atom. The lowest BCUT2D eigenvalue weighted by Gasteiger charge is -2.18. The lowest BCUT2D eigenvalue weighted by molar-refractivity contribution is 0.446. The quantitative estimate of drug-likeness (QED) is 0.824. The van der Waals surface area contributed by atoms with Gasteiger partial charge >= 0.3 is 0 Å². The molecule has 1 aromatic carbocycles. The van der Waals surface area contributed by atoms with E-state index in [0.717, 1.165) is 5.69 Å². The van der Waals surface area contributed by atoms with Gasteiger partial charge in [0.15, 0.2) is 0 Å². The van der Waals surface area contributed by atoms with Crippen LogP contribution < -0.4 is 5.32 Å². The highest BCUT2D eigenvalue weighted by molar-refractivity contribution is 7.89. The number of rotatable bonds is 7. The first-order valence-corrected chi connectivity index (χ1v) is 7.86. The molecule has 0 heterocycles. The number of hydrogen-bond acceptors (Lipinski definition) is 4. The average molecular weight is 281 g/mol. The molecular weight excluding hydrogens is 262 g/mol. The summed E-state index contributed by atoms with van der Waals surface area (Å²) in [7, 11) is -3.19. The van der Waals surface area contributed by atoms with Gasteiger partial charge in [0, 0.05) is 25.3 Å². The zero-order chi connectivity index (χ0) is 14.3. The van der Waals surface area contributed by atoms with Gasteiger partial charge in [-0.15, -0.1) is 0 Å². The van der Waals surface area contributed by atoms with Crippen LogP contribution in [-0.2, 0) is 10.0 Å². The molecule has 1 aromatic rings. The predicted octanol–water partition coefficient (Wildman–Crippen LogP) is 1.64. The predicted molar refractivity (Wildman–Crippen MR) is 76.4 cm³/mol. The van der Waals surface area contributed by atoms with E-state index < -0.39 is 10.0 Å². The van der Waals surface area contributed by atoms with Gasteiger partial charge in [0.2, 0.25) is 10.0 Å². The average Bonchev–Trinajstić information content (AvgIpc) is 2.40. The van der Waals surface area contributed by atoms with Crippen molar-refractivity contribution in [3.05, 3.63) is 29.8 Å². The van der Waals surface area contributed by atoms with Crippen LogP contribution in [-0.4, -0.2) is 38.1 Å². The molecular formula is C13H19N3O2S. The van der Waals surface area contributed by atoms with E-state index in [1.807, 2.05) is 19.9 Å². The van der Waals surface area contributed by atoms with E-state index in [9.17, 15) is 8.42 Å². The minimum absolute atomic E-state index is 0.0642. The van der Waals surface area contributed by atoms with E-state index in [0.29, 0.717) is 25.2 Å². The highest BCUT2D eigenvalue weighted by Gasteiger charge is 2.17. The third-order valence-corrected chi connectivity index (χ3v) is 4.83. The van der Waals surface area contributed by atoms with Gasteiger partial charge in [0.25, 0.3) is 0 Å². The van der Waals surface area contributed by atoms with Crippen LogP contribution in [0, 0.1) is 11.3 Å². The number of nitrogens with one attached hydrogen (secondary N) is 1. The molecule has 0 aromatic heterocycles. The van der Waals surface area contributed by atoms with Gasteiger partial charge in [-0.1, -0.05) is 13.8 Å². The van der Waals surface area contributed by atoms with E-state index in [4.69, 9.17) is 5.26 Å². The number of benzene rings is 1. The van der Waals surface area contributed by atoms with Crippen LogP contribution in [0.15, 0.2) is 24.3 Å². The second kappa shape index (κ2) is 7.12. The molecule has 0 aliphatic heterocycles.